The van der Waals surface area contributed by atoms with Crippen molar-refractivity contribution in [2.24, 2.45) is 0 Å². The standard InChI is InChI=1S/C11H13N3O/c15-7-5-10(12-6-7)11-13-8-3-1-2-4-9(8)14-11/h1-4,7,10,12,15H,5-6H2,(H,13,14)/t7-,10+/m1/s1. The van der Waals surface area contributed by atoms with E-state index in [1.807, 2.05) is 24.3 Å². The van der Waals surface area contributed by atoms with Gasteiger partial charge in [-0.15, -0.1) is 0 Å². The van der Waals surface area contributed by atoms with E-state index in [1.54, 1.807) is 0 Å². The zero-order valence-corrected chi connectivity index (χ0v) is 8.27. The highest BCUT2D eigenvalue weighted by molar-refractivity contribution is 5.74. The lowest BCUT2D eigenvalue weighted by Crippen LogP contribution is -2.15. The molecule has 1 aliphatic rings. The van der Waals surface area contributed by atoms with E-state index in [4.69, 9.17) is 0 Å². The summed E-state index contributed by atoms with van der Waals surface area (Å²) in [6.07, 6.45) is 0.489. The number of rotatable bonds is 1. The third-order valence-corrected chi connectivity index (χ3v) is 2.85. The molecule has 0 spiro atoms. The van der Waals surface area contributed by atoms with Gasteiger partial charge in [-0.2, -0.15) is 0 Å². The Bertz CT molecular complexity index is 446. The number of aromatic nitrogens is 2. The maximum absolute atomic E-state index is 9.43. The molecule has 0 radical (unpaired) electrons. The van der Waals surface area contributed by atoms with Crippen molar-refractivity contribution >= 4 is 11.0 Å². The van der Waals surface area contributed by atoms with Crippen molar-refractivity contribution in [1.29, 1.82) is 0 Å². The summed E-state index contributed by atoms with van der Waals surface area (Å²) in [4.78, 5) is 7.77. The molecule has 2 heterocycles. The number of para-hydroxylation sites is 2. The second-order valence-electron chi connectivity index (χ2n) is 3.99. The number of H-pyrrole nitrogens is 1. The first kappa shape index (κ1) is 8.88. The smallest absolute Gasteiger partial charge is 0.124 e. The Morgan fingerprint density at radius 2 is 2.20 bits per heavy atom. The zero-order chi connectivity index (χ0) is 10.3. The molecular formula is C11H13N3O. The van der Waals surface area contributed by atoms with Crippen LogP contribution in [0.2, 0.25) is 0 Å². The number of aliphatic hydroxyl groups excluding tert-OH is 1. The number of nitrogens with zero attached hydrogens (tertiary/aromatic N) is 1. The summed E-state index contributed by atoms with van der Waals surface area (Å²) in [5.41, 5.74) is 2.03. The third kappa shape index (κ3) is 1.52. The maximum Gasteiger partial charge on any atom is 0.124 e. The largest absolute Gasteiger partial charge is 0.392 e. The molecule has 78 valence electrons. The van der Waals surface area contributed by atoms with Crippen molar-refractivity contribution in [2.45, 2.75) is 18.6 Å². The van der Waals surface area contributed by atoms with Gasteiger partial charge in [-0.1, -0.05) is 12.1 Å². The molecule has 1 aromatic carbocycles. The fourth-order valence-corrected chi connectivity index (χ4v) is 2.06. The monoisotopic (exact) mass is 203 g/mol. The summed E-state index contributed by atoms with van der Waals surface area (Å²) >= 11 is 0. The molecule has 2 aromatic rings. The summed E-state index contributed by atoms with van der Waals surface area (Å²) in [6, 6.07) is 8.12. The van der Waals surface area contributed by atoms with E-state index in [-0.39, 0.29) is 12.1 Å². The summed E-state index contributed by atoms with van der Waals surface area (Å²) in [6.45, 7) is 0.654. The van der Waals surface area contributed by atoms with Crippen LogP contribution in [-0.4, -0.2) is 27.7 Å². The van der Waals surface area contributed by atoms with Crippen LogP contribution in [0.5, 0.6) is 0 Å². The van der Waals surface area contributed by atoms with Crippen LogP contribution >= 0.6 is 0 Å². The fourth-order valence-electron chi connectivity index (χ4n) is 2.06. The minimum absolute atomic E-state index is 0.160. The van der Waals surface area contributed by atoms with Crippen LogP contribution in [0.1, 0.15) is 18.3 Å². The lowest BCUT2D eigenvalue weighted by Gasteiger charge is -2.04. The molecule has 4 nitrogen and oxygen atoms in total. The van der Waals surface area contributed by atoms with E-state index >= 15 is 0 Å². The van der Waals surface area contributed by atoms with Crippen molar-refractivity contribution in [3.8, 4) is 0 Å². The Morgan fingerprint density at radius 1 is 1.33 bits per heavy atom. The highest BCUT2D eigenvalue weighted by Crippen LogP contribution is 2.23. The van der Waals surface area contributed by atoms with Crippen LogP contribution in [0.4, 0.5) is 0 Å². The number of β-amino-alcohol motifs (C(OH)–C–C–N with tert-alkyl or cyclic N) is 1. The number of hydrogen-bond acceptors (Lipinski definition) is 3. The minimum Gasteiger partial charge on any atom is -0.392 e. The van der Waals surface area contributed by atoms with Crippen LogP contribution in [0, 0.1) is 0 Å². The van der Waals surface area contributed by atoms with Gasteiger partial charge in [0.25, 0.3) is 0 Å². The fraction of sp³-hybridized carbons (Fsp3) is 0.364. The number of fused-ring (bicyclic) bond motifs is 1. The topological polar surface area (TPSA) is 60.9 Å². The molecule has 2 atom stereocenters. The molecule has 0 aliphatic carbocycles. The Balaban J connectivity index is 1.98. The first-order valence-corrected chi connectivity index (χ1v) is 5.19. The number of aromatic amines is 1. The van der Waals surface area contributed by atoms with E-state index < -0.39 is 0 Å². The molecule has 0 bridgehead atoms. The zero-order valence-electron chi connectivity index (χ0n) is 8.27. The molecule has 3 rings (SSSR count). The average Bonchev–Trinajstić information content (AvgIpc) is 2.82. The van der Waals surface area contributed by atoms with Crippen molar-refractivity contribution in [3.05, 3.63) is 30.1 Å². The first-order valence-electron chi connectivity index (χ1n) is 5.19. The van der Waals surface area contributed by atoms with E-state index in [2.05, 4.69) is 15.3 Å². The van der Waals surface area contributed by atoms with Gasteiger partial charge in [-0.25, -0.2) is 4.98 Å². The van der Waals surface area contributed by atoms with Gasteiger partial charge >= 0.3 is 0 Å². The number of aliphatic hydroxyl groups is 1. The summed E-state index contributed by atoms with van der Waals surface area (Å²) in [7, 11) is 0. The summed E-state index contributed by atoms with van der Waals surface area (Å²) in [5, 5.41) is 12.7. The van der Waals surface area contributed by atoms with Gasteiger partial charge in [0.2, 0.25) is 0 Å². The van der Waals surface area contributed by atoms with Gasteiger partial charge in [0.1, 0.15) is 5.82 Å². The molecule has 1 aromatic heterocycles. The molecule has 0 unspecified atom stereocenters. The number of benzene rings is 1. The SMILES string of the molecule is O[C@H]1CN[C@H](c2nc3ccccc3[nH]2)C1. The summed E-state index contributed by atoms with van der Waals surface area (Å²) in [5.74, 6) is 0.924. The van der Waals surface area contributed by atoms with E-state index in [9.17, 15) is 5.11 Å². The number of nitrogens with one attached hydrogen (secondary N) is 2. The minimum atomic E-state index is -0.247. The van der Waals surface area contributed by atoms with Crippen LogP contribution < -0.4 is 5.32 Å². The van der Waals surface area contributed by atoms with Gasteiger partial charge < -0.3 is 15.4 Å². The van der Waals surface area contributed by atoms with Gasteiger partial charge in [-0.3, -0.25) is 0 Å². The van der Waals surface area contributed by atoms with Crippen molar-refractivity contribution in [2.75, 3.05) is 6.54 Å². The molecular weight excluding hydrogens is 190 g/mol. The van der Waals surface area contributed by atoms with Gasteiger partial charge in [0.15, 0.2) is 0 Å². The Hall–Kier alpha value is -1.39. The number of imidazole rings is 1. The maximum atomic E-state index is 9.43. The third-order valence-electron chi connectivity index (χ3n) is 2.85. The average molecular weight is 203 g/mol. The van der Waals surface area contributed by atoms with Crippen LogP contribution in [0.3, 0.4) is 0 Å². The lowest BCUT2D eigenvalue weighted by atomic mass is 10.2. The quantitative estimate of drug-likeness (QED) is 0.647. The molecule has 3 N–H and O–H groups in total. The Morgan fingerprint density at radius 3 is 2.93 bits per heavy atom. The normalized spacial score (nSPS) is 26.2. The Labute approximate surface area is 87.3 Å². The second kappa shape index (κ2) is 3.32. The van der Waals surface area contributed by atoms with Gasteiger partial charge in [0, 0.05) is 6.54 Å². The molecule has 1 saturated heterocycles. The first-order chi connectivity index (χ1) is 7.33. The molecule has 15 heavy (non-hydrogen) atoms. The molecule has 1 aliphatic heterocycles. The van der Waals surface area contributed by atoms with Gasteiger partial charge in [0.05, 0.1) is 23.2 Å². The highest BCUT2D eigenvalue weighted by Gasteiger charge is 2.25. The summed E-state index contributed by atoms with van der Waals surface area (Å²) < 4.78 is 0. The molecule has 4 heteroatoms. The van der Waals surface area contributed by atoms with E-state index in [1.165, 1.54) is 0 Å². The molecule has 1 fully saturated rings. The van der Waals surface area contributed by atoms with Crippen molar-refractivity contribution in [1.82, 2.24) is 15.3 Å². The predicted octanol–water partition coefficient (Wildman–Crippen LogP) is 0.958. The molecule has 0 amide bonds. The van der Waals surface area contributed by atoms with Crippen LogP contribution in [-0.2, 0) is 0 Å². The van der Waals surface area contributed by atoms with Gasteiger partial charge in [-0.05, 0) is 18.6 Å². The van der Waals surface area contributed by atoms with Crippen molar-refractivity contribution < 1.29 is 5.11 Å². The van der Waals surface area contributed by atoms with Crippen molar-refractivity contribution in [3.63, 3.8) is 0 Å². The van der Waals surface area contributed by atoms with E-state index in [0.717, 1.165) is 23.3 Å². The Kier molecular flexibility index (Phi) is 1.97. The highest BCUT2D eigenvalue weighted by atomic mass is 16.3. The lowest BCUT2D eigenvalue weighted by molar-refractivity contribution is 0.193. The van der Waals surface area contributed by atoms with Crippen LogP contribution in [0.25, 0.3) is 11.0 Å². The van der Waals surface area contributed by atoms with Crippen LogP contribution in [0.15, 0.2) is 24.3 Å². The van der Waals surface area contributed by atoms with E-state index in [0.29, 0.717) is 6.54 Å². The number of hydrogen-bond donors (Lipinski definition) is 3. The predicted molar refractivity (Wildman–Crippen MR) is 57.5 cm³/mol. The second-order valence-corrected chi connectivity index (χ2v) is 3.99. The molecule has 0 saturated carbocycles.